The minimum Gasteiger partial charge on any atom is -0.289 e. The normalized spacial score (nSPS) is 18.6. The number of carbonyl (C=O) groups is 1. The van der Waals surface area contributed by atoms with E-state index in [4.69, 9.17) is 0 Å². The minimum atomic E-state index is -0.285. The second-order valence-electron chi connectivity index (χ2n) is 15.6. The fourth-order valence-corrected chi connectivity index (χ4v) is 9.27. The second kappa shape index (κ2) is 9.41. The molecule has 0 aromatic heterocycles. The van der Waals surface area contributed by atoms with Crippen LogP contribution in [0.15, 0.2) is 115 Å². The topological polar surface area (TPSA) is 17.1 Å². The Kier molecular flexibility index (Phi) is 5.70. The van der Waals surface area contributed by atoms with Gasteiger partial charge < -0.3 is 0 Å². The van der Waals surface area contributed by atoms with Gasteiger partial charge in [0.15, 0.2) is 5.78 Å². The third-order valence-corrected chi connectivity index (χ3v) is 12.0. The maximum absolute atomic E-state index is 14.4. The van der Waals surface area contributed by atoms with E-state index in [0.29, 0.717) is 0 Å². The minimum absolute atomic E-state index is 0.0193. The fourth-order valence-electron chi connectivity index (χ4n) is 9.27. The van der Waals surface area contributed by atoms with E-state index in [9.17, 15) is 4.79 Å². The molecule has 4 aliphatic rings. The van der Waals surface area contributed by atoms with Crippen LogP contribution < -0.4 is 0 Å². The van der Waals surface area contributed by atoms with Gasteiger partial charge in [-0.3, -0.25) is 4.79 Å². The van der Waals surface area contributed by atoms with Crippen molar-refractivity contribution in [3.8, 4) is 33.4 Å². The average molecular weight is 609 g/mol. The Labute approximate surface area is 278 Å². The molecule has 5 aromatic rings. The molecule has 1 nitrogen and oxygen atoms in total. The molecule has 0 amide bonds. The lowest BCUT2D eigenvalue weighted by Gasteiger charge is -2.35. The molecule has 0 N–H and O–H groups in total. The largest absolute Gasteiger partial charge is 0.289 e. The molecule has 0 saturated carbocycles. The Balaban J connectivity index is 1.11. The Morgan fingerprint density at radius 1 is 0.468 bits per heavy atom. The van der Waals surface area contributed by atoms with Crippen LogP contribution in [0.5, 0.6) is 0 Å². The van der Waals surface area contributed by atoms with Crippen molar-refractivity contribution in [3.05, 3.63) is 159 Å². The zero-order chi connectivity index (χ0) is 32.5. The van der Waals surface area contributed by atoms with E-state index < -0.39 is 0 Å². The molecule has 230 valence electrons. The van der Waals surface area contributed by atoms with Crippen LogP contribution >= 0.6 is 0 Å². The van der Waals surface area contributed by atoms with E-state index in [1.54, 1.807) is 0 Å². The first-order chi connectivity index (χ1) is 22.5. The Morgan fingerprint density at radius 2 is 0.957 bits per heavy atom. The number of allylic oxidation sites excluding steroid dienone is 4. The summed E-state index contributed by atoms with van der Waals surface area (Å²) >= 11 is 0. The van der Waals surface area contributed by atoms with E-state index in [1.165, 1.54) is 50.1 Å². The van der Waals surface area contributed by atoms with Crippen molar-refractivity contribution in [1.29, 1.82) is 0 Å². The highest BCUT2D eigenvalue weighted by molar-refractivity contribution is 6.14. The van der Waals surface area contributed by atoms with Crippen LogP contribution in [0.25, 0.3) is 39.0 Å². The van der Waals surface area contributed by atoms with E-state index in [2.05, 4.69) is 151 Å². The lowest BCUT2D eigenvalue weighted by molar-refractivity contribution is 0.103. The zero-order valence-corrected chi connectivity index (χ0v) is 28.2. The van der Waals surface area contributed by atoms with Crippen molar-refractivity contribution >= 4 is 11.4 Å². The summed E-state index contributed by atoms with van der Waals surface area (Å²) in [5, 5.41) is 0. The molecule has 0 radical (unpaired) electrons. The van der Waals surface area contributed by atoms with Crippen LogP contribution in [-0.2, 0) is 16.2 Å². The van der Waals surface area contributed by atoms with Crippen molar-refractivity contribution in [1.82, 2.24) is 0 Å². The maximum Gasteiger partial charge on any atom is 0.193 e. The highest BCUT2D eigenvalue weighted by Crippen LogP contribution is 2.52. The summed E-state index contributed by atoms with van der Waals surface area (Å²) < 4.78 is 0. The monoisotopic (exact) mass is 608 g/mol. The molecule has 1 heteroatoms. The molecule has 0 fully saturated rings. The Morgan fingerprint density at radius 3 is 1.62 bits per heavy atom. The molecular weight excluding hydrogens is 569 g/mol. The lowest BCUT2D eigenvalue weighted by atomic mass is 9.67. The van der Waals surface area contributed by atoms with E-state index in [0.717, 1.165) is 51.8 Å². The predicted octanol–water partition coefficient (Wildman–Crippen LogP) is 11.6. The van der Waals surface area contributed by atoms with Gasteiger partial charge in [0.2, 0.25) is 0 Å². The maximum atomic E-state index is 14.4. The van der Waals surface area contributed by atoms with Crippen molar-refractivity contribution < 1.29 is 4.79 Å². The zero-order valence-electron chi connectivity index (χ0n) is 28.2. The summed E-state index contributed by atoms with van der Waals surface area (Å²) in [5.74, 6) is 0.121. The van der Waals surface area contributed by atoms with Crippen LogP contribution in [0.3, 0.4) is 0 Å². The van der Waals surface area contributed by atoms with Crippen LogP contribution in [0, 0.1) is 0 Å². The molecule has 0 unspecified atom stereocenters. The summed E-state index contributed by atoms with van der Waals surface area (Å²) in [4.78, 5) is 14.4. The molecule has 47 heavy (non-hydrogen) atoms. The van der Waals surface area contributed by atoms with Gasteiger partial charge in [-0.2, -0.15) is 0 Å². The van der Waals surface area contributed by atoms with Gasteiger partial charge in [-0.15, -0.1) is 0 Å². The molecule has 0 spiro atoms. The third-order valence-electron chi connectivity index (χ3n) is 12.0. The molecule has 9 rings (SSSR count). The summed E-state index contributed by atoms with van der Waals surface area (Å²) in [5.41, 5.74) is 19.1. The molecular formula is C46H40O. The van der Waals surface area contributed by atoms with Crippen molar-refractivity contribution in [2.75, 3.05) is 0 Å². The first kappa shape index (κ1) is 28.5. The Bertz CT molecular complexity index is 2280. The summed E-state index contributed by atoms with van der Waals surface area (Å²) in [6.45, 7) is 13.8. The third kappa shape index (κ3) is 3.80. The quantitative estimate of drug-likeness (QED) is 0.195. The standard InChI is InChI=1S/C46H40O/c1-44(2)39-21-17-27(29-15-19-33-31-11-7-9-13-37(31)45(3,4)41(33)25-29)23-35(39)43(47)36-24-28(18-22-40(36)44)30-16-20-34-32-12-8-10-14-38(32)46(5,6)42(34)26-30/h7,9-11,13-26H,8,12H2,1-6H3. The van der Waals surface area contributed by atoms with Gasteiger partial charge in [0.05, 0.1) is 0 Å². The van der Waals surface area contributed by atoms with Gasteiger partial charge in [0.1, 0.15) is 0 Å². The van der Waals surface area contributed by atoms with Crippen molar-refractivity contribution in [2.24, 2.45) is 0 Å². The lowest BCUT2D eigenvalue weighted by Crippen LogP contribution is -2.30. The van der Waals surface area contributed by atoms with Crippen LogP contribution in [-0.4, -0.2) is 5.78 Å². The van der Waals surface area contributed by atoms with Gasteiger partial charge >= 0.3 is 0 Å². The number of hydrogen-bond acceptors (Lipinski definition) is 1. The van der Waals surface area contributed by atoms with Crippen LogP contribution in [0.4, 0.5) is 0 Å². The molecule has 0 atom stereocenters. The molecule has 0 heterocycles. The number of rotatable bonds is 2. The number of benzene rings is 5. The summed E-state index contributed by atoms with van der Waals surface area (Å²) in [6.07, 6.45) is 6.88. The van der Waals surface area contributed by atoms with Crippen LogP contribution in [0.2, 0.25) is 0 Å². The molecule has 0 bridgehead atoms. The second-order valence-corrected chi connectivity index (χ2v) is 15.6. The highest BCUT2D eigenvalue weighted by Gasteiger charge is 2.40. The van der Waals surface area contributed by atoms with Gasteiger partial charge in [0, 0.05) is 27.4 Å². The van der Waals surface area contributed by atoms with Gasteiger partial charge in [0.25, 0.3) is 0 Å². The first-order valence-electron chi connectivity index (χ1n) is 17.1. The van der Waals surface area contributed by atoms with E-state index in [1.807, 2.05) is 0 Å². The Hall–Kier alpha value is -4.75. The molecule has 0 saturated heterocycles. The van der Waals surface area contributed by atoms with E-state index in [-0.39, 0.29) is 22.0 Å². The van der Waals surface area contributed by atoms with Crippen molar-refractivity contribution in [2.45, 2.75) is 70.6 Å². The van der Waals surface area contributed by atoms with Gasteiger partial charge in [-0.25, -0.2) is 0 Å². The van der Waals surface area contributed by atoms with Crippen LogP contribution in [0.1, 0.15) is 104 Å². The summed E-state index contributed by atoms with van der Waals surface area (Å²) in [6, 6.07) is 35.7. The number of fused-ring (bicyclic) bond motifs is 7. The SMILES string of the molecule is CC1(C)C2=C(CCC=C2)c2ccc(-c3ccc4c(c3)C(=O)c3cc(-c5ccc6c(c5)C(C)(C)c5ccccc5-6)ccc3C4(C)C)cc21. The molecule has 0 aliphatic heterocycles. The average Bonchev–Trinajstić information content (AvgIpc) is 3.46. The fraction of sp³-hybridized carbons (Fsp3) is 0.239. The van der Waals surface area contributed by atoms with E-state index >= 15 is 0 Å². The first-order valence-corrected chi connectivity index (χ1v) is 17.1. The number of hydrogen-bond donors (Lipinski definition) is 0. The summed E-state index contributed by atoms with van der Waals surface area (Å²) in [7, 11) is 0. The van der Waals surface area contributed by atoms with Gasteiger partial charge in [-0.05, 0) is 115 Å². The molecule has 4 aliphatic carbocycles. The highest BCUT2D eigenvalue weighted by atomic mass is 16.1. The predicted molar refractivity (Wildman–Crippen MR) is 195 cm³/mol. The molecule has 5 aromatic carbocycles. The van der Waals surface area contributed by atoms with Gasteiger partial charge in [-0.1, -0.05) is 126 Å². The smallest absolute Gasteiger partial charge is 0.193 e. The van der Waals surface area contributed by atoms with Crippen molar-refractivity contribution in [3.63, 3.8) is 0 Å². The number of ketones is 1. The number of carbonyl (C=O) groups excluding carboxylic acids is 1.